The fourth-order valence-corrected chi connectivity index (χ4v) is 2.74. The van der Waals surface area contributed by atoms with Crippen molar-refractivity contribution in [2.24, 2.45) is 5.73 Å². The molecule has 0 aromatic heterocycles. The minimum Gasteiger partial charge on any atom is -0.484 e. The van der Waals surface area contributed by atoms with E-state index in [1.807, 2.05) is 0 Å². The van der Waals surface area contributed by atoms with Crippen molar-refractivity contribution < 1.29 is 17.9 Å². The highest BCUT2D eigenvalue weighted by atomic mass is 35.5. The number of alkyl halides is 3. The molecule has 0 saturated heterocycles. The van der Waals surface area contributed by atoms with E-state index in [4.69, 9.17) is 22.1 Å². The Bertz CT molecular complexity index is 734. The van der Waals surface area contributed by atoms with Crippen LogP contribution in [-0.2, 0) is 6.18 Å². The van der Waals surface area contributed by atoms with Crippen LogP contribution in [0.25, 0.3) is 11.1 Å². The number of ether oxygens (including phenoxy) is 1. The van der Waals surface area contributed by atoms with Crippen molar-refractivity contribution in [1.29, 1.82) is 0 Å². The van der Waals surface area contributed by atoms with E-state index in [-0.39, 0.29) is 23.2 Å². The summed E-state index contributed by atoms with van der Waals surface area (Å²) in [4.78, 5) is 0. The zero-order valence-electron chi connectivity index (χ0n) is 12.0. The Hall–Kier alpha value is -1.92. The molecule has 3 N–H and O–H groups in total. The van der Waals surface area contributed by atoms with E-state index in [0.29, 0.717) is 23.5 Å². The summed E-state index contributed by atoms with van der Waals surface area (Å²) in [5, 5.41) is 3.16. The molecule has 7 heteroatoms. The van der Waals surface area contributed by atoms with Crippen LogP contribution in [-0.4, -0.2) is 19.2 Å². The first-order valence-corrected chi connectivity index (χ1v) is 7.38. The third kappa shape index (κ3) is 3.09. The molecule has 23 heavy (non-hydrogen) atoms. The number of benzene rings is 2. The van der Waals surface area contributed by atoms with E-state index < -0.39 is 11.7 Å². The minimum absolute atomic E-state index is 0.0261. The molecular weight excluding hydrogens is 329 g/mol. The van der Waals surface area contributed by atoms with Crippen LogP contribution in [0.1, 0.15) is 5.56 Å². The van der Waals surface area contributed by atoms with Crippen LogP contribution in [0.5, 0.6) is 5.75 Å². The lowest BCUT2D eigenvalue weighted by atomic mass is 9.97. The Morgan fingerprint density at radius 2 is 2.00 bits per heavy atom. The molecule has 0 fully saturated rings. The van der Waals surface area contributed by atoms with Gasteiger partial charge in [0.05, 0.1) is 17.8 Å². The number of hydrogen-bond donors (Lipinski definition) is 2. The third-order valence-corrected chi connectivity index (χ3v) is 3.89. The van der Waals surface area contributed by atoms with Gasteiger partial charge in [0.15, 0.2) is 5.75 Å². The average Bonchev–Trinajstić information content (AvgIpc) is 2.53. The highest BCUT2D eigenvalue weighted by molar-refractivity contribution is 6.30. The van der Waals surface area contributed by atoms with Crippen molar-refractivity contribution in [3.8, 4) is 16.9 Å². The minimum atomic E-state index is -4.52. The van der Waals surface area contributed by atoms with E-state index in [1.54, 1.807) is 18.2 Å². The maximum atomic E-state index is 13.4. The average molecular weight is 343 g/mol. The molecule has 2 aromatic rings. The normalized spacial score (nSPS) is 17.2. The van der Waals surface area contributed by atoms with Crippen LogP contribution in [0.2, 0.25) is 5.02 Å². The van der Waals surface area contributed by atoms with Crippen LogP contribution in [0.15, 0.2) is 36.4 Å². The molecule has 0 amide bonds. The summed E-state index contributed by atoms with van der Waals surface area (Å²) in [6, 6.07) is 8.75. The molecule has 0 spiro atoms. The zero-order valence-corrected chi connectivity index (χ0v) is 12.7. The molecule has 3 nitrogen and oxygen atoms in total. The van der Waals surface area contributed by atoms with Crippen molar-refractivity contribution in [2.75, 3.05) is 18.4 Å². The predicted octanol–water partition coefficient (Wildman–Crippen LogP) is 4.16. The van der Waals surface area contributed by atoms with E-state index in [1.165, 1.54) is 12.1 Å². The Morgan fingerprint density at radius 3 is 2.70 bits per heavy atom. The summed E-state index contributed by atoms with van der Waals surface area (Å²) >= 11 is 5.74. The largest absolute Gasteiger partial charge is 0.484 e. The van der Waals surface area contributed by atoms with Crippen LogP contribution in [0, 0.1) is 0 Å². The number of fused-ring (bicyclic) bond motifs is 1. The van der Waals surface area contributed by atoms with Gasteiger partial charge in [-0.1, -0.05) is 29.8 Å². The highest BCUT2D eigenvalue weighted by Gasteiger charge is 2.35. The number of nitrogens with one attached hydrogen (secondary N) is 1. The standard InChI is InChI=1S/C16H14ClF3N2O/c17-9-4-5-11(13(6-9)16(18,19)20)12-2-1-3-14-15(12)23-10(7-21)8-22-14/h1-6,10,22H,7-8,21H2/t10-/m1/s1. The second-order valence-electron chi connectivity index (χ2n) is 5.23. The van der Waals surface area contributed by atoms with Gasteiger partial charge in [0.1, 0.15) is 6.10 Å². The summed E-state index contributed by atoms with van der Waals surface area (Å²) in [6.07, 6.45) is -4.80. The first kappa shape index (κ1) is 16.0. The van der Waals surface area contributed by atoms with E-state index >= 15 is 0 Å². The first-order valence-electron chi connectivity index (χ1n) is 7.01. The zero-order chi connectivity index (χ0) is 16.6. The molecule has 1 aliphatic heterocycles. The van der Waals surface area contributed by atoms with Crippen molar-refractivity contribution in [3.05, 3.63) is 47.0 Å². The summed E-state index contributed by atoms with van der Waals surface area (Å²) in [5.41, 5.74) is 5.84. The summed E-state index contributed by atoms with van der Waals surface area (Å²) < 4.78 is 45.8. The molecule has 0 bridgehead atoms. The summed E-state index contributed by atoms with van der Waals surface area (Å²) in [6.45, 7) is 0.785. The van der Waals surface area contributed by atoms with Crippen LogP contribution >= 0.6 is 11.6 Å². The lowest BCUT2D eigenvalue weighted by Crippen LogP contribution is -2.37. The van der Waals surface area contributed by atoms with Crippen molar-refractivity contribution in [2.45, 2.75) is 12.3 Å². The predicted molar refractivity (Wildman–Crippen MR) is 83.9 cm³/mol. The Morgan fingerprint density at radius 1 is 1.22 bits per heavy atom. The summed E-state index contributed by atoms with van der Waals surface area (Å²) in [7, 11) is 0. The molecule has 0 saturated carbocycles. The van der Waals surface area contributed by atoms with Gasteiger partial charge in [-0.25, -0.2) is 0 Å². The van der Waals surface area contributed by atoms with Gasteiger partial charge >= 0.3 is 6.18 Å². The number of halogens is 4. The topological polar surface area (TPSA) is 47.3 Å². The second kappa shape index (κ2) is 5.94. The number of para-hydroxylation sites is 1. The van der Waals surface area contributed by atoms with Crippen LogP contribution < -0.4 is 15.8 Å². The fraction of sp³-hybridized carbons (Fsp3) is 0.250. The molecule has 1 heterocycles. The van der Waals surface area contributed by atoms with Gasteiger partial charge in [0.25, 0.3) is 0 Å². The van der Waals surface area contributed by atoms with Gasteiger partial charge in [-0.2, -0.15) is 13.2 Å². The molecule has 0 radical (unpaired) electrons. The lowest BCUT2D eigenvalue weighted by Gasteiger charge is -2.29. The van der Waals surface area contributed by atoms with Gasteiger partial charge in [-0.05, 0) is 23.8 Å². The molecule has 1 atom stereocenters. The number of rotatable bonds is 2. The Labute approximate surface area is 136 Å². The second-order valence-corrected chi connectivity index (χ2v) is 5.66. The van der Waals surface area contributed by atoms with E-state index in [0.717, 1.165) is 6.07 Å². The monoisotopic (exact) mass is 342 g/mol. The molecule has 1 aliphatic rings. The SMILES string of the molecule is NC[C@@H]1CNc2cccc(-c3ccc(Cl)cc3C(F)(F)F)c2O1. The van der Waals surface area contributed by atoms with Gasteiger partial charge < -0.3 is 15.8 Å². The van der Waals surface area contributed by atoms with E-state index in [9.17, 15) is 13.2 Å². The van der Waals surface area contributed by atoms with E-state index in [2.05, 4.69) is 5.32 Å². The lowest BCUT2D eigenvalue weighted by molar-refractivity contribution is -0.137. The molecule has 0 unspecified atom stereocenters. The third-order valence-electron chi connectivity index (χ3n) is 3.66. The molecule has 0 aliphatic carbocycles. The smallest absolute Gasteiger partial charge is 0.417 e. The number of nitrogens with two attached hydrogens (primary N) is 1. The van der Waals surface area contributed by atoms with Gasteiger partial charge in [-0.3, -0.25) is 0 Å². The summed E-state index contributed by atoms with van der Waals surface area (Å²) in [5.74, 6) is 0.377. The Kier molecular flexibility index (Phi) is 4.12. The van der Waals surface area contributed by atoms with Crippen LogP contribution in [0.4, 0.5) is 18.9 Å². The quantitative estimate of drug-likeness (QED) is 0.861. The highest BCUT2D eigenvalue weighted by Crippen LogP contribution is 2.44. The van der Waals surface area contributed by atoms with Crippen LogP contribution in [0.3, 0.4) is 0 Å². The van der Waals surface area contributed by atoms with Crippen molar-refractivity contribution in [1.82, 2.24) is 0 Å². The molecule has 2 aromatic carbocycles. The molecule has 3 rings (SSSR count). The maximum absolute atomic E-state index is 13.4. The maximum Gasteiger partial charge on any atom is 0.417 e. The van der Waals surface area contributed by atoms with Gasteiger partial charge in [-0.15, -0.1) is 0 Å². The van der Waals surface area contributed by atoms with Crippen molar-refractivity contribution in [3.63, 3.8) is 0 Å². The fourth-order valence-electron chi connectivity index (χ4n) is 2.56. The number of hydrogen-bond acceptors (Lipinski definition) is 3. The van der Waals surface area contributed by atoms with Gasteiger partial charge in [0, 0.05) is 17.1 Å². The van der Waals surface area contributed by atoms with Crippen molar-refractivity contribution >= 4 is 17.3 Å². The first-order chi connectivity index (χ1) is 10.9. The number of anilines is 1. The molecule has 122 valence electrons. The Balaban J connectivity index is 2.17. The molecular formula is C16H14ClF3N2O. The van der Waals surface area contributed by atoms with Gasteiger partial charge in [0.2, 0.25) is 0 Å².